The molecule has 1 aromatic heterocycles. The first-order valence-corrected chi connectivity index (χ1v) is 6.33. The third kappa shape index (κ3) is 4.07. The number of carbonyl (C=O) groups is 1. The summed E-state index contributed by atoms with van der Waals surface area (Å²) in [6.45, 7) is 6.13. The average Bonchev–Trinajstić information content (AvgIpc) is 2.38. The molecule has 2 N–H and O–H groups in total. The minimum atomic E-state index is -0.512. The van der Waals surface area contributed by atoms with Gasteiger partial charge in [-0.2, -0.15) is 0 Å². The van der Waals surface area contributed by atoms with Gasteiger partial charge < -0.3 is 10.4 Å². The SMILES string of the molecule is CCC(CC)C(O)CNC(=O)c1cnc(C)cn1. The molecule has 5 nitrogen and oxygen atoms in total. The second-order valence-electron chi connectivity index (χ2n) is 4.40. The van der Waals surface area contributed by atoms with Crippen molar-refractivity contribution in [2.24, 2.45) is 5.92 Å². The number of aliphatic hydroxyl groups excluding tert-OH is 1. The van der Waals surface area contributed by atoms with Crippen LogP contribution in [0.2, 0.25) is 0 Å². The van der Waals surface area contributed by atoms with E-state index in [4.69, 9.17) is 0 Å². The molecule has 1 aromatic rings. The molecule has 0 aliphatic carbocycles. The summed E-state index contributed by atoms with van der Waals surface area (Å²) in [7, 11) is 0. The van der Waals surface area contributed by atoms with E-state index in [0.29, 0.717) is 0 Å². The van der Waals surface area contributed by atoms with E-state index in [1.807, 2.05) is 20.8 Å². The molecule has 0 aliphatic heterocycles. The van der Waals surface area contributed by atoms with Crippen LogP contribution in [0, 0.1) is 12.8 Å². The van der Waals surface area contributed by atoms with Gasteiger partial charge in [0.15, 0.2) is 0 Å². The van der Waals surface area contributed by atoms with Crippen LogP contribution in [-0.2, 0) is 0 Å². The Bertz CT molecular complexity index is 374. The third-order valence-corrected chi connectivity index (χ3v) is 3.08. The molecule has 1 rings (SSSR count). The van der Waals surface area contributed by atoms with Crippen LogP contribution in [0.25, 0.3) is 0 Å². The van der Waals surface area contributed by atoms with Crippen molar-refractivity contribution in [3.63, 3.8) is 0 Å². The maximum atomic E-state index is 11.7. The van der Waals surface area contributed by atoms with Crippen LogP contribution in [0.1, 0.15) is 42.9 Å². The number of aryl methyl sites for hydroxylation is 1. The topological polar surface area (TPSA) is 75.1 Å². The second kappa shape index (κ2) is 7.06. The number of hydrogen-bond acceptors (Lipinski definition) is 4. The normalized spacial score (nSPS) is 12.5. The molecule has 0 radical (unpaired) electrons. The van der Waals surface area contributed by atoms with Crippen LogP contribution >= 0.6 is 0 Å². The molecular weight excluding hydrogens is 230 g/mol. The van der Waals surface area contributed by atoms with Gasteiger partial charge in [0.25, 0.3) is 5.91 Å². The number of nitrogens with one attached hydrogen (secondary N) is 1. The van der Waals surface area contributed by atoms with Crippen molar-refractivity contribution in [1.29, 1.82) is 0 Å². The molecule has 100 valence electrons. The molecule has 0 spiro atoms. The first-order valence-electron chi connectivity index (χ1n) is 6.33. The number of nitrogens with zero attached hydrogens (tertiary/aromatic N) is 2. The number of aliphatic hydroxyl groups is 1. The van der Waals surface area contributed by atoms with Gasteiger partial charge in [-0.3, -0.25) is 9.78 Å². The minimum Gasteiger partial charge on any atom is -0.391 e. The zero-order chi connectivity index (χ0) is 13.5. The summed E-state index contributed by atoms with van der Waals surface area (Å²) < 4.78 is 0. The molecule has 18 heavy (non-hydrogen) atoms. The van der Waals surface area contributed by atoms with Gasteiger partial charge in [0.2, 0.25) is 0 Å². The zero-order valence-corrected chi connectivity index (χ0v) is 11.2. The Balaban J connectivity index is 2.48. The maximum absolute atomic E-state index is 11.7. The lowest BCUT2D eigenvalue weighted by Crippen LogP contribution is -2.36. The number of amides is 1. The number of rotatable bonds is 6. The summed E-state index contributed by atoms with van der Waals surface area (Å²) in [5.41, 5.74) is 1.04. The van der Waals surface area contributed by atoms with Gasteiger partial charge in [0, 0.05) is 12.7 Å². The van der Waals surface area contributed by atoms with Crippen molar-refractivity contribution >= 4 is 5.91 Å². The Labute approximate surface area is 108 Å². The summed E-state index contributed by atoms with van der Waals surface area (Å²) in [5.74, 6) is -0.0816. The van der Waals surface area contributed by atoms with Crippen LogP contribution in [0.3, 0.4) is 0 Å². The fourth-order valence-corrected chi connectivity index (χ4v) is 1.80. The number of aromatic nitrogens is 2. The first kappa shape index (κ1) is 14.6. The van der Waals surface area contributed by atoms with E-state index in [1.54, 1.807) is 6.20 Å². The lowest BCUT2D eigenvalue weighted by molar-refractivity contribution is 0.0812. The monoisotopic (exact) mass is 251 g/mol. The Morgan fingerprint density at radius 3 is 2.50 bits per heavy atom. The highest BCUT2D eigenvalue weighted by Gasteiger charge is 2.17. The largest absolute Gasteiger partial charge is 0.391 e. The van der Waals surface area contributed by atoms with Gasteiger partial charge in [-0.25, -0.2) is 4.98 Å². The average molecular weight is 251 g/mol. The number of hydrogen-bond donors (Lipinski definition) is 2. The van der Waals surface area contributed by atoms with E-state index >= 15 is 0 Å². The van der Waals surface area contributed by atoms with Gasteiger partial charge in [-0.05, 0) is 12.8 Å². The Kier molecular flexibility index (Phi) is 5.71. The summed E-state index contributed by atoms with van der Waals surface area (Å²) in [5, 5.41) is 12.6. The Hall–Kier alpha value is -1.49. The molecule has 1 atom stereocenters. The highest BCUT2D eigenvalue weighted by atomic mass is 16.3. The van der Waals surface area contributed by atoms with Gasteiger partial charge in [-0.15, -0.1) is 0 Å². The van der Waals surface area contributed by atoms with Crippen LogP contribution in [0.5, 0.6) is 0 Å². The highest BCUT2D eigenvalue weighted by molar-refractivity contribution is 5.91. The first-order chi connectivity index (χ1) is 8.58. The Morgan fingerprint density at radius 1 is 1.33 bits per heavy atom. The van der Waals surface area contributed by atoms with E-state index in [-0.39, 0.29) is 24.1 Å². The molecule has 0 saturated carbocycles. The smallest absolute Gasteiger partial charge is 0.271 e. The van der Waals surface area contributed by atoms with Crippen LogP contribution < -0.4 is 5.32 Å². The summed E-state index contributed by atoms with van der Waals surface area (Å²) in [6.07, 6.45) is 4.28. The molecule has 0 fully saturated rings. The quantitative estimate of drug-likeness (QED) is 0.799. The number of carbonyl (C=O) groups excluding carboxylic acids is 1. The maximum Gasteiger partial charge on any atom is 0.271 e. The van der Waals surface area contributed by atoms with Crippen LogP contribution in [0.4, 0.5) is 0 Å². The highest BCUT2D eigenvalue weighted by Crippen LogP contribution is 2.12. The van der Waals surface area contributed by atoms with E-state index < -0.39 is 6.10 Å². The van der Waals surface area contributed by atoms with Crippen molar-refractivity contribution in [3.8, 4) is 0 Å². The lowest BCUT2D eigenvalue weighted by Gasteiger charge is -2.20. The predicted molar refractivity (Wildman–Crippen MR) is 69.2 cm³/mol. The van der Waals surface area contributed by atoms with Crippen molar-refractivity contribution in [1.82, 2.24) is 15.3 Å². The zero-order valence-electron chi connectivity index (χ0n) is 11.2. The fourth-order valence-electron chi connectivity index (χ4n) is 1.80. The van der Waals surface area contributed by atoms with Crippen molar-refractivity contribution in [2.75, 3.05) is 6.54 Å². The molecule has 1 heterocycles. The van der Waals surface area contributed by atoms with Crippen molar-refractivity contribution < 1.29 is 9.90 Å². The van der Waals surface area contributed by atoms with Crippen LogP contribution in [0.15, 0.2) is 12.4 Å². The van der Waals surface area contributed by atoms with Gasteiger partial charge >= 0.3 is 0 Å². The second-order valence-corrected chi connectivity index (χ2v) is 4.40. The van der Waals surface area contributed by atoms with E-state index in [1.165, 1.54) is 6.20 Å². The molecule has 5 heteroatoms. The molecule has 0 aromatic carbocycles. The molecule has 1 amide bonds. The summed E-state index contributed by atoms with van der Waals surface area (Å²) in [4.78, 5) is 19.7. The molecule has 0 aliphatic rings. The van der Waals surface area contributed by atoms with Crippen molar-refractivity contribution in [2.45, 2.75) is 39.7 Å². The standard InChI is InChI=1S/C13H21N3O2/c1-4-10(5-2)12(17)8-16-13(18)11-7-14-9(3)6-15-11/h6-7,10,12,17H,4-5,8H2,1-3H3,(H,16,18). The minimum absolute atomic E-state index is 0.217. The Morgan fingerprint density at radius 2 is 2.00 bits per heavy atom. The van der Waals surface area contributed by atoms with E-state index in [9.17, 15) is 9.90 Å². The summed E-state index contributed by atoms with van der Waals surface area (Å²) in [6, 6.07) is 0. The molecule has 1 unspecified atom stereocenters. The molecule has 0 saturated heterocycles. The third-order valence-electron chi connectivity index (χ3n) is 3.08. The van der Waals surface area contributed by atoms with Crippen molar-refractivity contribution in [3.05, 3.63) is 23.8 Å². The predicted octanol–water partition coefficient (Wildman–Crippen LogP) is 1.31. The summed E-state index contributed by atoms with van der Waals surface area (Å²) >= 11 is 0. The van der Waals surface area contributed by atoms with Gasteiger partial charge in [0.05, 0.1) is 18.0 Å². The fraction of sp³-hybridized carbons (Fsp3) is 0.615. The molecular formula is C13H21N3O2. The molecule has 0 bridgehead atoms. The van der Waals surface area contributed by atoms with E-state index in [0.717, 1.165) is 18.5 Å². The lowest BCUT2D eigenvalue weighted by atomic mass is 9.96. The van der Waals surface area contributed by atoms with Gasteiger partial charge in [-0.1, -0.05) is 26.7 Å². The van der Waals surface area contributed by atoms with Gasteiger partial charge in [0.1, 0.15) is 5.69 Å². The van der Waals surface area contributed by atoms with Crippen LogP contribution in [-0.4, -0.2) is 33.6 Å². The van der Waals surface area contributed by atoms with E-state index in [2.05, 4.69) is 15.3 Å².